The molecule has 0 spiro atoms. The molecule has 1 aliphatic rings. The summed E-state index contributed by atoms with van der Waals surface area (Å²) in [5.74, 6) is 0.872. The van der Waals surface area contributed by atoms with E-state index in [1.165, 1.54) is 0 Å². The van der Waals surface area contributed by atoms with Crippen LogP contribution in [0.15, 0.2) is 42.5 Å². The second-order valence-electron chi connectivity index (χ2n) is 5.22. The first-order valence-electron chi connectivity index (χ1n) is 7.15. The van der Waals surface area contributed by atoms with Gasteiger partial charge < -0.3 is 10.1 Å². The number of rotatable bonds is 3. The van der Waals surface area contributed by atoms with E-state index in [0.29, 0.717) is 0 Å². The molecule has 0 aliphatic carbocycles. The van der Waals surface area contributed by atoms with Gasteiger partial charge in [-0.1, -0.05) is 35.3 Å². The van der Waals surface area contributed by atoms with Crippen molar-refractivity contribution < 1.29 is 4.74 Å². The zero-order chi connectivity index (χ0) is 14.7. The Hall–Kier alpha value is -1.22. The highest BCUT2D eigenvalue weighted by Crippen LogP contribution is 2.32. The number of piperidine rings is 1. The van der Waals surface area contributed by atoms with Gasteiger partial charge in [0.15, 0.2) is 0 Å². The van der Waals surface area contributed by atoms with Crippen molar-refractivity contribution in [3.8, 4) is 16.9 Å². The molecule has 1 N–H and O–H groups in total. The van der Waals surface area contributed by atoms with Crippen LogP contribution >= 0.6 is 23.2 Å². The van der Waals surface area contributed by atoms with Crippen LogP contribution in [0, 0.1) is 0 Å². The summed E-state index contributed by atoms with van der Waals surface area (Å²) in [6.07, 6.45) is 2.36. The minimum Gasteiger partial charge on any atom is -0.490 e. The second kappa shape index (κ2) is 6.69. The average Bonchev–Trinajstić information content (AvgIpc) is 2.51. The fraction of sp³-hybridized carbons (Fsp3) is 0.294. The van der Waals surface area contributed by atoms with Gasteiger partial charge in [-0.2, -0.15) is 0 Å². The fourth-order valence-electron chi connectivity index (χ4n) is 2.53. The van der Waals surface area contributed by atoms with Crippen molar-refractivity contribution in [2.75, 3.05) is 13.1 Å². The monoisotopic (exact) mass is 321 g/mol. The summed E-state index contributed by atoms with van der Waals surface area (Å²) in [6, 6.07) is 13.5. The van der Waals surface area contributed by atoms with Crippen molar-refractivity contribution in [2.45, 2.75) is 18.9 Å². The van der Waals surface area contributed by atoms with E-state index < -0.39 is 0 Å². The topological polar surface area (TPSA) is 21.3 Å². The van der Waals surface area contributed by atoms with Gasteiger partial charge >= 0.3 is 0 Å². The summed E-state index contributed by atoms with van der Waals surface area (Å²) in [4.78, 5) is 0. The van der Waals surface area contributed by atoms with Gasteiger partial charge in [0.1, 0.15) is 11.9 Å². The summed E-state index contributed by atoms with van der Waals surface area (Å²) in [7, 11) is 0. The van der Waals surface area contributed by atoms with Gasteiger partial charge in [-0.3, -0.25) is 0 Å². The van der Waals surface area contributed by atoms with Crippen LogP contribution in [0.5, 0.6) is 5.75 Å². The summed E-state index contributed by atoms with van der Waals surface area (Å²) >= 11 is 12.3. The van der Waals surface area contributed by atoms with Crippen LogP contribution in [0.25, 0.3) is 11.1 Å². The molecule has 110 valence electrons. The van der Waals surface area contributed by atoms with Gasteiger partial charge in [0.2, 0.25) is 0 Å². The average molecular weight is 322 g/mol. The summed E-state index contributed by atoms with van der Waals surface area (Å²) in [5.41, 5.74) is 2.01. The normalized spacial score (nSPS) is 15.9. The molecule has 0 atom stereocenters. The molecule has 0 amide bonds. The van der Waals surface area contributed by atoms with E-state index in [1.54, 1.807) is 0 Å². The zero-order valence-electron chi connectivity index (χ0n) is 11.6. The molecule has 1 saturated heterocycles. The lowest BCUT2D eigenvalue weighted by molar-refractivity contribution is 0.162. The standard InChI is InChI=1S/C17H17Cl2NO/c18-13-3-1-12(2-4-13)16-11-15(5-6-17(16)19)21-14-7-9-20-10-8-14/h1-6,11,14,20H,7-10H2. The predicted molar refractivity (Wildman–Crippen MR) is 88.4 cm³/mol. The first-order chi connectivity index (χ1) is 10.2. The first-order valence-corrected chi connectivity index (χ1v) is 7.91. The molecule has 0 radical (unpaired) electrons. The lowest BCUT2D eigenvalue weighted by atomic mass is 10.1. The van der Waals surface area contributed by atoms with Gasteiger partial charge in [-0.15, -0.1) is 0 Å². The highest BCUT2D eigenvalue weighted by molar-refractivity contribution is 6.33. The predicted octanol–water partition coefficient (Wildman–Crippen LogP) is 4.79. The van der Waals surface area contributed by atoms with Crippen LogP contribution in [-0.4, -0.2) is 19.2 Å². The molecule has 1 fully saturated rings. The minimum absolute atomic E-state index is 0.283. The molecule has 0 bridgehead atoms. The molecule has 0 unspecified atom stereocenters. The van der Waals surface area contributed by atoms with Gasteiger partial charge in [0.25, 0.3) is 0 Å². The Labute approximate surface area is 135 Å². The van der Waals surface area contributed by atoms with Crippen molar-refractivity contribution in [3.63, 3.8) is 0 Å². The summed E-state index contributed by atoms with van der Waals surface area (Å²) in [5, 5.41) is 4.78. The highest BCUT2D eigenvalue weighted by atomic mass is 35.5. The lowest BCUT2D eigenvalue weighted by Gasteiger charge is -2.24. The molecule has 21 heavy (non-hydrogen) atoms. The summed E-state index contributed by atoms with van der Waals surface area (Å²) in [6.45, 7) is 2.03. The largest absolute Gasteiger partial charge is 0.490 e. The van der Waals surface area contributed by atoms with Crippen molar-refractivity contribution in [2.24, 2.45) is 0 Å². The van der Waals surface area contributed by atoms with Crippen molar-refractivity contribution in [1.29, 1.82) is 0 Å². The first kappa shape index (κ1) is 14.7. The van der Waals surface area contributed by atoms with Gasteiger partial charge in [0.05, 0.1) is 0 Å². The molecule has 2 aromatic carbocycles. The summed E-state index contributed by atoms with van der Waals surface area (Å²) < 4.78 is 6.07. The number of nitrogens with one attached hydrogen (secondary N) is 1. The highest BCUT2D eigenvalue weighted by Gasteiger charge is 2.15. The Morgan fingerprint density at radius 3 is 2.38 bits per heavy atom. The van der Waals surface area contributed by atoms with Gasteiger partial charge in [-0.25, -0.2) is 0 Å². The minimum atomic E-state index is 0.283. The number of benzene rings is 2. The van der Waals surface area contributed by atoms with E-state index >= 15 is 0 Å². The fourth-order valence-corrected chi connectivity index (χ4v) is 2.89. The quantitative estimate of drug-likeness (QED) is 0.877. The smallest absolute Gasteiger partial charge is 0.120 e. The molecule has 3 rings (SSSR count). The van der Waals surface area contributed by atoms with Crippen LogP contribution in [0.2, 0.25) is 10.0 Å². The molecule has 0 aromatic heterocycles. The Morgan fingerprint density at radius 2 is 1.67 bits per heavy atom. The van der Waals surface area contributed by atoms with Crippen molar-refractivity contribution in [1.82, 2.24) is 5.32 Å². The molecule has 4 heteroatoms. The van der Waals surface area contributed by atoms with E-state index in [4.69, 9.17) is 27.9 Å². The molecular weight excluding hydrogens is 305 g/mol. The SMILES string of the molecule is Clc1ccc(-c2cc(OC3CCNCC3)ccc2Cl)cc1. The maximum atomic E-state index is 6.31. The number of hydrogen-bond donors (Lipinski definition) is 1. The van der Waals surface area contributed by atoms with E-state index in [1.807, 2.05) is 42.5 Å². The van der Waals surface area contributed by atoms with E-state index in [-0.39, 0.29) is 6.10 Å². The third-order valence-corrected chi connectivity index (χ3v) is 4.26. The molecule has 1 aliphatic heterocycles. The Morgan fingerprint density at radius 1 is 0.952 bits per heavy atom. The molecule has 1 heterocycles. The van der Waals surface area contributed by atoms with Gasteiger partial charge in [-0.05, 0) is 61.8 Å². The second-order valence-corrected chi connectivity index (χ2v) is 6.06. The Kier molecular flexibility index (Phi) is 4.69. The molecular formula is C17H17Cl2NO. The van der Waals surface area contributed by atoms with Crippen LogP contribution in [0.1, 0.15) is 12.8 Å². The molecule has 2 aromatic rings. The van der Waals surface area contributed by atoms with Gasteiger partial charge in [0, 0.05) is 15.6 Å². The zero-order valence-corrected chi connectivity index (χ0v) is 13.1. The van der Waals surface area contributed by atoms with E-state index in [0.717, 1.165) is 52.9 Å². The van der Waals surface area contributed by atoms with E-state index in [2.05, 4.69) is 5.32 Å². The van der Waals surface area contributed by atoms with Crippen LogP contribution in [0.3, 0.4) is 0 Å². The maximum Gasteiger partial charge on any atom is 0.120 e. The third kappa shape index (κ3) is 3.70. The van der Waals surface area contributed by atoms with Crippen molar-refractivity contribution >= 4 is 23.2 Å². The third-order valence-electron chi connectivity index (χ3n) is 3.68. The Balaban J connectivity index is 1.83. The number of halogens is 2. The molecule has 2 nitrogen and oxygen atoms in total. The number of ether oxygens (including phenoxy) is 1. The van der Waals surface area contributed by atoms with Crippen LogP contribution < -0.4 is 10.1 Å². The number of hydrogen-bond acceptors (Lipinski definition) is 2. The van der Waals surface area contributed by atoms with Crippen LogP contribution in [0.4, 0.5) is 0 Å². The van der Waals surface area contributed by atoms with Crippen LogP contribution in [-0.2, 0) is 0 Å². The van der Waals surface area contributed by atoms with E-state index in [9.17, 15) is 0 Å². The molecule has 0 saturated carbocycles. The lowest BCUT2D eigenvalue weighted by Crippen LogP contribution is -2.34. The van der Waals surface area contributed by atoms with Crippen molar-refractivity contribution in [3.05, 3.63) is 52.5 Å². The Bertz CT molecular complexity index is 607. The maximum absolute atomic E-state index is 6.31.